The van der Waals surface area contributed by atoms with Gasteiger partial charge >= 0.3 is 0 Å². The molecule has 1 N–H and O–H groups in total. The minimum absolute atomic E-state index is 0.120. The minimum Gasteiger partial charge on any atom is -0.391 e. The van der Waals surface area contributed by atoms with E-state index in [2.05, 4.69) is 31.2 Å². The van der Waals surface area contributed by atoms with Gasteiger partial charge in [-0.2, -0.15) is 0 Å². The van der Waals surface area contributed by atoms with E-state index in [1.54, 1.807) is 11.3 Å². The van der Waals surface area contributed by atoms with Crippen LogP contribution in [0.3, 0.4) is 0 Å². The van der Waals surface area contributed by atoms with Gasteiger partial charge in [0.15, 0.2) is 0 Å². The number of aryl methyl sites for hydroxylation is 1. The third-order valence-corrected chi connectivity index (χ3v) is 4.21. The molecule has 0 atom stereocenters. The van der Waals surface area contributed by atoms with Crippen LogP contribution in [0.5, 0.6) is 0 Å². The molecular formula is C14H15NOS. The highest BCUT2D eigenvalue weighted by Gasteiger charge is 2.29. The number of benzene rings is 1. The molecule has 1 heterocycles. The first-order chi connectivity index (χ1) is 8.28. The summed E-state index contributed by atoms with van der Waals surface area (Å²) in [6.07, 6.45) is 2.45. The quantitative estimate of drug-likeness (QED) is 0.898. The fourth-order valence-corrected chi connectivity index (χ4v) is 3.06. The van der Waals surface area contributed by atoms with Crippen LogP contribution >= 0.6 is 11.3 Å². The summed E-state index contributed by atoms with van der Waals surface area (Å²) in [5, 5.41) is 10.4. The van der Waals surface area contributed by atoms with E-state index in [4.69, 9.17) is 4.98 Å². The van der Waals surface area contributed by atoms with Crippen LogP contribution in [0.2, 0.25) is 0 Å². The minimum atomic E-state index is 0.120. The number of aliphatic hydroxyl groups is 1. The Morgan fingerprint density at radius 2 is 2.24 bits per heavy atom. The summed E-state index contributed by atoms with van der Waals surface area (Å²) >= 11 is 1.63. The summed E-state index contributed by atoms with van der Waals surface area (Å²) in [6, 6.07) is 8.38. The van der Waals surface area contributed by atoms with Crippen LogP contribution in [0.4, 0.5) is 0 Å². The van der Waals surface area contributed by atoms with E-state index in [0.717, 1.165) is 21.1 Å². The lowest BCUT2D eigenvalue weighted by Crippen LogP contribution is -1.87. The van der Waals surface area contributed by atoms with Crippen molar-refractivity contribution in [1.82, 2.24) is 4.98 Å². The Kier molecular flexibility index (Phi) is 2.73. The predicted molar refractivity (Wildman–Crippen MR) is 70.2 cm³/mol. The molecule has 0 amide bonds. The summed E-state index contributed by atoms with van der Waals surface area (Å²) in [6.45, 7) is 2.21. The third kappa shape index (κ3) is 2.13. The normalized spacial score (nSPS) is 15.2. The van der Waals surface area contributed by atoms with E-state index in [0.29, 0.717) is 5.92 Å². The van der Waals surface area contributed by atoms with Crippen molar-refractivity contribution >= 4 is 11.3 Å². The summed E-state index contributed by atoms with van der Waals surface area (Å²) in [4.78, 5) is 5.76. The maximum absolute atomic E-state index is 9.38. The van der Waals surface area contributed by atoms with E-state index in [-0.39, 0.29) is 6.61 Å². The highest BCUT2D eigenvalue weighted by Crippen LogP contribution is 2.44. The van der Waals surface area contributed by atoms with Crippen LogP contribution < -0.4 is 0 Å². The second-order valence-electron chi connectivity index (χ2n) is 4.63. The van der Waals surface area contributed by atoms with Gasteiger partial charge in [-0.3, -0.25) is 0 Å². The van der Waals surface area contributed by atoms with Crippen LogP contribution in [0, 0.1) is 6.92 Å². The molecular weight excluding hydrogens is 230 g/mol. The average molecular weight is 245 g/mol. The molecule has 0 unspecified atom stereocenters. The van der Waals surface area contributed by atoms with Gasteiger partial charge in [-0.1, -0.05) is 23.8 Å². The number of hydrogen-bond donors (Lipinski definition) is 1. The van der Waals surface area contributed by atoms with Gasteiger partial charge in [0, 0.05) is 11.5 Å². The molecule has 1 aromatic heterocycles. The monoisotopic (exact) mass is 245 g/mol. The van der Waals surface area contributed by atoms with Crippen LogP contribution in [0.25, 0.3) is 10.6 Å². The van der Waals surface area contributed by atoms with E-state index in [1.807, 2.05) is 0 Å². The molecule has 1 aliphatic carbocycles. The molecule has 0 radical (unpaired) electrons. The maximum atomic E-state index is 9.38. The standard InChI is InChI=1S/C14H15NOS/c1-9-3-2-4-11(7-9)14-15-13(10-5-6-10)12(8-16)17-14/h2-4,7,10,16H,5-6,8H2,1H3. The van der Waals surface area contributed by atoms with Gasteiger partial charge < -0.3 is 5.11 Å². The second-order valence-corrected chi connectivity index (χ2v) is 5.71. The Morgan fingerprint density at radius 1 is 1.41 bits per heavy atom. The van der Waals surface area contributed by atoms with E-state index in [9.17, 15) is 5.11 Å². The zero-order chi connectivity index (χ0) is 11.8. The molecule has 1 saturated carbocycles. The van der Waals surface area contributed by atoms with E-state index < -0.39 is 0 Å². The first-order valence-corrected chi connectivity index (χ1v) is 6.77. The molecule has 0 aliphatic heterocycles. The van der Waals surface area contributed by atoms with E-state index >= 15 is 0 Å². The lowest BCUT2D eigenvalue weighted by atomic mass is 10.1. The van der Waals surface area contributed by atoms with Crippen molar-refractivity contribution < 1.29 is 5.11 Å². The van der Waals surface area contributed by atoms with Gasteiger partial charge in [-0.25, -0.2) is 4.98 Å². The topological polar surface area (TPSA) is 33.1 Å². The van der Waals surface area contributed by atoms with Crippen molar-refractivity contribution in [3.05, 3.63) is 40.4 Å². The molecule has 1 aliphatic rings. The van der Waals surface area contributed by atoms with Crippen molar-refractivity contribution in [1.29, 1.82) is 0 Å². The molecule has 0 saturated heterocycles. The molecule has 2 aromatic rings. The Balaban J connectivity index is 2.03. The number of thiazole rings is 1. The molecule has 17 heavy (non-hydrogen) atoms. The third-order valence-electron chi connectivity index (χ3n) is 3.10. The van der Waals surface area contributed by atoms with Crippen molar-refractivity contribution in [2.45, 2.75) is 32.3 Å². The van der Waals surface area contributed by atoms with Crippen molar-refractivity contribution in [2.24, 2.45) is 0 Å². The fourth-order valence-electron chi connectivity index (χ4n) is 2.05. The maximum Gasteiger partial charge on any atom is 0.123 e. The lowest BCUT2D eigenvalue weighted by molar-refractivity contribution is 0.284. The van der Waals surface area contributed by atoms with Crippen LogP contribution in [0.1, 0.15) is 34.9 Å². The molecule has 88 valence electrons. The number of aromatic nitrogens is 1. The molecule has 0 spiro atoms. The van der Waals surface area contributed by atoms with Crippen molar-refractivity contribution in [3.8, 4) is 10.6 Å². The second kappa shape index (κ2) is 4.24. The zero-order valence-electron chi connectivity index (χ0n) is 9.81. The van der Waals surface area contributed by atoms with Crippen LogP contribution in [-0.2, 0) is 6.61 Å². The SMILES string of the molecule is Cc1cccc(-c2nc(C3CC3)c(CO)s2)c1. The smallest absolute Gasteiger partial charge is 0.123 e. The Hall–Kier alpha value is -1.19. The Labute approximate surface area is 105 Å². The summed E-state index contributed by atoms with van der Waals surface area (Å²) in [5.41, 5.74) is 3.54. The highest BCUT2D eigenvalue weighted by molar-refractivity contribution is 7.15. The molecule has 3 heteroatoms. The lowest BCUT2D eigenvalue weighted by Gasteiger charge is -1.97. The van der Waals surface area contributed by atoms with Crippen LogP contribution in [0.15, 0.2) is 24.3 Å². The molecule has 1 aromatic carbocycles. The largest absolute Gasteiger partial charge is 0.391 e. The van der Waals surface area contributed by atoms with E-state index in [1.165, 1.54) is 18.4 Å². The first-order valence-electron chi connectivity index (χ1n) is 5.95. The number of rotatable bonds is 3. The van der Waals surface area contributed by atoms with Gasteiger partial charge in [0.25, 0.3) is 0 Å². The van der Waals surface area contributed by atoms with Gasteiger partial charge in [-0.15, -0.1) is 11.3 Å². The molecule has 3 rings (SSSR count). The summed E-state index contributed by atoms with van der Waals surface area (Å²) in [7, 11) is 0. The fraction of sp³-hybridized carbons (Fsp3) is 0.357. The van der Waals surface area contributed by atoms with Crippen molar-refractivity contribution in [2.75, 3.05) is 0 Å². The highest BCUT2D eigenvalue weighted by atomic mass is 32.1. The molecule has 0 bridgehead atoms. The zero-order valence-corrected chi connectivity index (χ0v) is 10.6. The Bertz CT molecular complexity index is 543. The van der Waals surface area contributed by atoms with Gasteiger partial charge in [-0.05, 0) is 25.8 Å². The number of aliphatic hydroxyl groups excluding tert-OH is 1. The van der Waals surface area contributed by atoms with Gasteiger partial charge in [0.05, 0.1) is 17.2 Å². The van der Waals surface area contributed by atoms with Gasteiger partial charge in [0.1, 0.15) is 5.01 Å². The molecule has 2 nitrogen and oxygen atoms in total. The number of hydrogen-bond acceptors (Lipinski definition) is 3. The van der Waals surface area contributed by atoms with Crippen LogP contribution in [-0.4, -0.2) is 10.1 Å². The van der Waals surface area contributed by atoms with Crippen molar-refractivity contribution in [3.63, 3.8) is 0 Å². The molecule has 1 fully saturated rings. The average Bonchev–Trinajstić information content (AvgIpc) is 3.08. The summed E-state index contributed by atoms with van der Waals surface area (Å²) in [5.74, 6) is 0.604. The first kappa shape index (κ1) is 10.9. The Morgan fingerprint density at radius 3 is 2.88 bits per heavy atom. The number of nitrogens with zero attached hydrogens (tertiary/aromatic N) is 1. The predicted octanol–water partition coefficient (Wildman–Crippen LogP) is 3.49. The van der Waals surface area contributed by atoms with Gasteiger partial charge in [0.2, 0.25) is 0 Å². The summed E-state index contributed by atoms with van der Waals surface area (Å²) < 4.78 is 0.